The summed E-state index contributed by atoms with van der Waals surface area (Å²) in [5.41, 5.74) is -3.67. The van der Waals surface area contributed by atoms with Gasteiger partial charge in [0.15, 0.2) is 5.75 Å². The maximum Gasteiger partial charge on any atom is 0.286 e. The van der Waals surface area contributed by atoms with Crippen molar-refractivity contribution in [3.63, 3.8) is 0 Å². The van der Waals surface area contributed by atoms with E-state index in [0.717, 1.165) is 4.90 Å². The zero-order valence-electron chi connectivity index (χ0n) is 16.7. The number of carbonyl (C=O) groups excluding carboxylic acids is 2. The molecule has 2 aromatic carbocycles. The summed E-state index contributed by atoms with van der Waals surface area (Å²) in [7, 11) is 2.67. The molecule has 4 aromatic rings. The molecule has 2 aliphatic heterocycles. The van der Waals surface area contributed by atoms with Crippen molar-refractivity contribution in [1.82, 2.24) is 14.5 Å². The van der Waals surface area contributed by atoms with Gasteiger partial charge in [0, 0.05) is 38.9 Å². The Labute approximate surface area is 190 Å². The predicted molar refractivity (Wildman–Crippen MR) is 118 cm³/mol. The number of fused-ring (bicyclic) bond motifs is 10. The number of aliphatic hydroxyl groups is 2. The van der Waals surface area contributed by atoms with E-state index in [-0.39, 0.29) is 5.56 Å². The third-order valence-electron chi connectivity index (χ3n) is 6.49. The average molecular weight is 472 g/mol. The van der Waals surface area contributed by atoms with Crippen LogP contribution in [-0.2, 0) is 20.9 Å². The quantitative estimate of drug-likeness (QED) is 0.370. The lowest BCUT2D eigenvalue weighted by Gasteiger charge is -2.40. The van der Waals surface area contributed by atoms with E-state index in [1.54, 1.807) is 36.4 Å². The molecule has 1 fully saturated rings. The molecule has 4 heterocycles. The van der Waals surface area contributed by atoms with E-state index in [1.165, 1.54) is 18.7 Å². The van der Waals surface area contributed by atoms with E-state index in [9.17, 15) is 19.8 Å². The molecule has 2 atom stereocenters. The van der Waals surface area contributed by atoms with Gasteiger partial charge < -0.3 is 19.9 Å². The van der Waals surface area contributed by atoms with E-state index in [0.29, 0.717) is 49.0 Å². The van der Waals surface area contributed by atoms with Gasteiger partial charge in [-0.2, -0.15) is 0 Å². The van der Waals surface area contributed by atoms with Crippen LogP contribution < -0.4 is 4.74 Å². The van der Waals surface area contributed by atoms with Gasteiger partial charge in [-0.3, -0.25) is 19.1 Å². The van der Waals surface area contributed by atoms with Crippen LogP contribution in [0.5, 0.6) is 5.75 Å². The zero-order valence-corrected chi connectivity index (χ0v) is 18.2. The lowest BCUT2D eigenvalue weighted by atomic mass is 9.79. The molecule has 0 spiro atoms. The predicted octanol–water partition coefficient (Wildman–Crippen LogP) is 2.95. The second-order valence-electron chi connectivity index (χ2n) is 8.00. The fraction of sp³-hybridized carbons (Fsp3) is 0.182. The topological polar surface area (TPSA) is 108 Å². The molecule has 0 saturated carbocycles. The molecule has 0 radical (unpaired) electrons. The highest BCUT2D eigenvalue weighted by atomic mass is 35.5. The third-order valence-corrected chi connectivity index (χ3v) is 6.96. The van der Waals surface area contributed by atoms with Crippen LogP contribution in [-0.4, -0.2) is 50.6 Å². The number of likely N-dealkylation sites (N-methyl/N-ethyl adjacent to an activating group) is 1. The number of halogens is 2. The summed E-state index contributed by atoms with van der Waals surface area (Å²) in [5.74, 6) is -1.60. The van der Waals surface area contributed by atoms with Crippen LogP contribution in [0.15, 0.2) is 36.4 Å². The molecule has 8 nitrogen and oxygen atoms in total. The van der Waals surface area contributed by atoms with Crippen molar-refractivity contribution >= 4 is 56.8 Å². The van der Waals surface area contributed by atoms with Crippen molar-refractivity contribution in [2.75, 3.05) is 14.2 Å². The molecule has 32 heavy (non-hydrogen) atoms. The Balaban J connectivity index is 1.92. The standard InChI is InChI=1S/C22H15Cl2N3O5/c1-26-19(28)21(30)15-11-7-9(23)3-5-13(11)25-16(15)17-18(32-2)12-8-10(24)4-6-14(12)27(17)22(21,31)20(26)29/h3-8,25,30-31H,1-2H3/t21-,22+/m1/s1. The van der Waals surface area contributed by atoms with E-state index in [4.69, 9.17) is 27.9 Å². The van der Waals surface area contributed by atoms with E-state index in [1.807, 2.05) is 0 Å². The number of hydrogen-bond acceptors (Lipinski definition) is 5. The largest absolute Gasteiger partial charge is 0.494 e. The number of aromatic nitrogens is 2. The molecular weight excluding hydrogens is 457 g/mol. The Morgan fingerprint density at radius 1 is 1.00 bits per heavy atom. The molecule has 1 saturated heterocycles. The number of aromatic amines is 1. The fourth-order valence-electron chi connectivity index (χ4n) is 5.13. The lowest BCUT2D eigenvalue weighted by molar-refractivity contribution is -0.193. The monoisotopic (exact) mass is 471 g/mol. The minimum Gasteiger partial charge on any atom is -0.494 e. The summed E-state index contributed by atoms with van der Waals surface area (Å²) in [6.45, 7) is 0. The highest BCUT2D eigenvalue weighted by molar-refractivity contribution is 6.32. The molecule has 3 N–H and O–H groups in total. The minimum atomic E-state index is -2.67. The highest BCUT2D eigenvalue weighted by Crippen LogP contribution is 2.59. The van der Waals surface area contributed by atoms with E-state index in [2.05, 4.69) is 4.98 Å². The van der Waals surface area contributed by atoms with Gasteiger partial charge >= 0.3 is 0 Å². The second kappa shape index (κ2) is 5.85. The first-order valence-electron chi connectivity index (χ1n) is 9.64. The van der Waals surface area contributed by atoms with Crippen LogP contribution >= 0.6 is 23.2 Å². The maximum absolute atomic E-state index is 13.4. The average Bonchev–Trinajstić information content (AvgIpc) is 3.34. The summed E-state index contributed by atoms with van der Waals surface area (Å²) in [5, 5.41) is 25.6. The Bertz CT molecular complexity index is 1540. The van der Waals surface area contributed by atoms with Crippen molar-refractivity contribution < 1.29 is 24.5 Å². The Morgan fingerprint density at radius 3 is 2.34 bits per heavy atom. The van der Waals surface area contributed by atoms with Gasteiger partial charge in [0.2, 0.25) is 5.60 Å². The number of rotatable bonds is 1. The number of nitrogens with zero attached hydrogens (tertiary/aromatic N) is 2. The molecule has 0 unspecified atom stereocenters. The molecule has 0 bridgehead atoms. The molecule has 0 aliphatic carbocycles. The van der Waals surface area contributed by atoms with Gasteiger partial charge in [-0.15, -0.1) is 0 Å². The number of hydrogen-bond donors (Lipinski definition) is 3. The van der Waals surface area contributed by atoms with Crippen molar-refractivity contribution in [2.45, 2.75) is 11.3 Å². The van der Waals surface area contributed by atoms with Crippen molar-refractivity contribution in [3.8, 4) is 17.1 Å². The van der Waals surface area contributed by atoms with Gasteiger partial charge in [0.25, 0.3) is 17.5 Å². The van der Waals surface area contributed by atoms with Crippen molar-refractivity contribution in [1.29, 1.82) is 0 Å². The number of carbonyl (C=O) groups is 2. The number of amides is 2. The summed E-state index contributed by atoms with van der Waals surface area (Å²) >= 11 is 12.4. The highest BCUT2D eigenvalue weighted by Gasteiger charge is 2.74. The second-order valence-corrected chi connectivity index (χ2v) is 8.87. The number of ether oxygens (including phenoxy) is 1. The number of likely N-dealkylation sites (tertiary alicyclic amines) is 1. The summed E-state index contributed by atoms with van der Waals surface area (Å²) in [6, 6.07) is 9.74. The molecule has 6 rings (SSSR count). The van der Waals surface area contributed by atoms with E-state index >= 15 is 0 Å². The van der Waals surface area contributed by atoms with Crippen LogP contribution in [0.4, 0.5) is 0 Å². The number of nitrogens with one attached hydrogen (secondary N) is 1. The number of methoxy groups -OCH3 is 1. The molecule has 2 aliphatic rings. The molecular formula is C22H15Cl2N3O5. The van der Waals surface area contributed by atoms with Gasteiger partial charge in [0.1, 0.15) is 5.69 Å². The minimum absolute atomic E-state index is 0.0555. The number of H-pyrrole nitrogens is 1. The van der Waals surface area contributed by atoms with Crippen LogP contribution in [0.1, 0.15) is 5.56 Å². The smallest absolute Gasteiger partial charge is 0.286 e. The molecule has 2 amide bonds. The molecule has 162 valence electrons. The number of benzene rings is 2. The van der Waals surface area contributed by atoms with Crippen LogP contribution in [0.2, 0.25) is 10.0 Å². The Morgan fingerprint density at radius 2 is 1.66 bits per heavy atom. The lowest BCUT2D eigenvalue weighted by Crippen LogP contribution is -2.58. The van der Waals surface area contributed by atoms with E-state index < -0.39 is 23.1 Å². The summed E-state index contributed by atoms with van der Waals surface area (Å²) in [4.78, 5) is 30.6. The molecule has 2 aromatic heterocycles. The summed E-state index contributed by atoms with van der Waals surface area (Å²) < 4.78 is 6.94. The van der Waals surface area contributed by atoms with Gasteiger partial charge in [-0.25, -0.2) is 0 Å². The van der Waals surface area contributed by atoms with Crippen LogP contribution in [0, 0.1) is 0 Å². The first-order chi connectivity index (χ1) is 15.2. The normalized spacial score (nSPS) is 24.2. The first kappa shape index (κ1) is 19.6. The van der Waals surface area contributed by atoms with Gasteiger partial charge in [-0.05, 0) is 36.4 Å². The zero-order chi connectivity index (χ0) is 22.7. The van der Waals surface area contributed by atoms with Crippen molar-refractivity contribution in [2.24, 2.45) is 0 Å². The first-order valence-corrected chi connectivity index (χ1v) is 10.4. The maximum atomic E-state index is 13.4. The fourth-order valence-corrected chi connectivity index (χ4v) is 5.48. The van der Waals surface area contributed by atoms with Gasteiger partial charge in [-0.1, -0.05) is 23.2 Å². The van der Waals surface area contributed by atoms with Crippen molar-refractivity contribution in [3.05, 3.63) is 52.0 Å². The SMILES string of the molecule is COc1c2n(c3ccc(Cl)cc13)[C@]1(O)C(=O)N(C)C(=O)[C@]1(O)c1c-2[nH]c2ccc(Cl)cc12. The summed E-state index contributed by atoms with van der Waals surface area (Å²) in [6.07, 6.45) is 0. The van der Waals surface area contributed by atoms with Crippen LogP contribution in [0.3, 0.4) is 0 Å². The molecule has 10 heteroatoms. The Kier molecular flexibility index (Phi) is 3.59. The van der Waals surface area contributed by atoms with Crippen LogP contribution in [0.25, 0.3) is 33.2 Å². The van der Waals surface area contributed by atoms with Gasteiger partial charge in [0.05, 0.1) is 18.3 Å². The number of imide groups is 1. The Hall–Kier alpha value is -3.04. The third kappa shape index (κ3) is 1.89.